The van der Waals surface area contributed by atoms with E-state index in [9.17, 15) is 14.7 Å². The molecule has 1 aliphatic carbocycles. The van der Waals surface area contributed by atoms with E-state index in [1.807, 2.05) is 36.4 Å². The highest BCUT2D eigenvalue weighted by atomic mass is 79.9. The highest BCUT2D eigenvalue weighted by Gasteiger charge is 2.30. The van der Waals surface area contributed by atoms with Gasteiger partial charge in [0.2, 0.25) is 0 Å². The van der Waals surface area contributed by atoms with Gasteiger partial charge in [-0.05, 0) is 59.7 Å². The Morgan fingerprint density at radius 2 is 1.55 bits per heavy atom. The third-order valence-electron chi connectivity index (χ3n) is 5.29. The molecule has 158 valence electrons. The Bertz CT molecular complexity index is 1090. The molecule has 1 atom stereocenters. The van der Waals surface area contributed by atoms with Gasteiger partial charge in [-0.15, -0.1) is 0 Å². The zero-order valence-corrected chi connectivity index (χ0v) is 19.4. The largest absolute Gasteiger partial charge is 0.480 e. The van der Waals surface area contributed by atoms with E-state index in [1.54, 1.807) is 12.4 Å². The summed E-state index contributed by atoms with van der Waals surface area (Å²) in [4.78, 5) is 28.2. The molecule has 0 fully saturated rings. The van der Waals surface area contributed by atoms with Gasteiger partial charge in [-0.2, -0.15) is 0 Å². The van der Waals surface area contributed by atoms with Crippen molar-refractivity contribution in [1.82, 2.24) is 10.3 Å². The Balaban J connectivity index is 1.45. The first-order chi connectivity index (χ1) is 15.0. The van der Waals surface area contributed by atoms with Crippen LogP contribution in [0.15, 0.2) is 69.9 Å². The zero-order chi connectivity index (χ0) is 22.0. The summed E-state index contributed by atoms with van der Waals surface area (Å²) in [5.41, 5.74) is 5.14. The van der Waals surface area contributed by atoms with Gasteiger partial charge in [0, 0.05) is 33.7 Å². The van der Waals surface area contributed by atoms with Crippen LogP contribution in [0, 0.1) is 0 Å². The predicted octanol–water partition coefficient (Wildman–Crippen LogP) is 5.14. The van der Waals surface area contributed by atoms with E-state index in [4.69, 9.17) is 4.74 Å². The van der Waals surface area contributed by atoms with Crippen molar-refractivity contribution in [2.75, 3.05) is 6.61 Å². The molecule has 0 radical (unpaired) electrons. The summed E-state index contributed by atoms with van der Waals surface area (Å²) >= 11 is 6.74. The fraction of sp³-hybridized carbons (Fsp3) is 0.174. The zero-order valence-electron chi connectivity index (χ0n) is 16.2. The van der Waals surface area contributed by atoms with Gasteiger partial charge in [-0.1, -0.05) is 48.5 Å². The third-order valence-corrected chi connectivity index (χ3v) is 6.66. The molecule has 1 aliphatic rings. The van der Waals surface area contributed by atoms with Crippen molar-refractivity contribution >= 4 is 43.9 Å². The maximum atomic E-state index is 12.5. The molecule has 8 heteroatoms. The van der Waals surface area contributed by atoms with Gasteiger partial charge in [-0.25, -0.2) is 9.59 Å². The minimum absolute atomic E-state index is 0.0726. The Kier molecular flexibility index (Phi) is 6.38. The number of ether oxygens (including phenoxy) is 1. The number of aromatic nitrogens is 1. The fourth-order valence-corrected chi connectivity index (χ4v) is 5.07. The van der Waals surface area contributed by atoms with Crippen LogP contribution >= 0.6 is 31.9 Å². The number of halogens is 2. The highest BCUT2D eigenvalue weighted by Crippen LogP contribution is 2.44. The summed E-state index contributed by atoms with van der Waals surface area (Å²) < 4.78 is 6.78. The minimum atomic E-state index is -1.15. The average molecular weight is 546 g/mol. The lowest BCUT2D eigenvalue weighted by atomic mass is 9.98. The smallest absolute Gasteiger partial charge is 0.407 e. The first-order valence-corrected chi connectivity index (χ1v) is 11.2. The third kappa shape index (κ3) is 4.50. The molecule has 0 saturated heterocycles. The number of alkyl carbamates (subject to hydrolysis) is 1. The highest BCUT2D eigenvalue weighted by molar-refractivity contribution is 9.11. The number of hydrogen-bond acceptors (Lipinski definition) is 4. The molecule has 1 unspecified atom stereocenters. The van der Waals surface area contributed by atoms with Crippen LogP contribution in [0.2, 0.25) is 0 Å². The monoisotopic (exact) mass is 544 g/mol. The second-order valence-corrected chi connectivity index (χ2v) is 8.86. The number of carbonyl (C=O) groups is 2. The molecule has 1 heterocycles. The molecule has 4 rings (SSSR count). The molecule has 1 aromatic heterocycles. The second-order valence-electron chi connectivity index (χ2n) is 7.15. The van der Waals surface area contributed by atoms with Crippen molar-refractivity contribution < 1.29 is 19.4 Å². The number of nitrogens with one attached hydrogen (secondary N) is 1. The van der Waals surface area contributed by atoms with Crippen LogP contribution in [-0.4, -0.2) is 34.8 Å². The Morgan fingerprint density at radius 3 is 2.10 bits per heavy atom. The maximum absolute atomic E-state index is 12.5. The molecule has 1 amide bonds. The average Bonchev–Trinajstić information content (AvgIpc) is 3.08. The van der Waals surface area contributed by atoms with Gasteiger partial charge in [0.15, 0.2) is 0 Å². The van der Waals surface area contributed by atoms with E-state index in [2.05, 4.69) is 54.3 Å². The van der Waals surface area contributed by atoms with Gasteiger partial charge in [-0.3, -0.25) is 4.98 Å². The van der Waals surface area contributed by atoms with Gasteiger partial charge in [0.1, 0.15) is 12.6 Å². The normalized spacial score (nSPS) is 13.2. The standard InChI is InChI=1S/C23H18Br2N2O4/c24-19-10-26-11-20(25)17(19)9-21(22(28)29)27-23(30)31-12-18-15-7-3-1-5-13(15)14-6-2-4-8-16(14)18/h1-8,10-11,18,21H,9,12H2,(H,27,30)(H,28,29). The Hall–Kier alpha value is -2.71. The molecule has 0 saturated carbocycles. The van der Waals surface area contributed by atoms with E-state index in [1.165, 1.54) is 0 Å². The molecule has 31 heavy (non-hydrogen) atoms. The summed E-state index contributed by atoms with van der Waals surface area (Å²) in [6.45, 7) is 0.120. The quantitative estimate of drug-likeness (QED) is 0.447. The maximum Gasteiger partial charge on any atom is 0.407 e. The van der Waals surface area contributed by atoms with Crippen LogP contribution in [0.3, 0.4) is 0 Å². The molecule has 0 spiro atoms. The van der Waals surface area contributed by atoms with Gasteiger partial charge >= 0.3 is 12.1 Å². The number of benzene rings is 2. The summed E-state index contributed by atoms with van der Waals surface area (Å²) in [6.07, 6.45) is 2.46. The number of hydrogen-bond donors (Lipinski definition) is 2. The first kappa shape index (κ1) is 21.5. The van der Waals surface area contributed by atoms with Crippen molar-refractivity contribution in [2.24, 2.45) is 0 Å². The topological polar surface area (TPSA) is 88.5 Å². The molecular formula is C23H18Br2N2O4. The fourth-order valence-electron chi connectivity index (χ4n) is 3.82. The van der Waals surface area contributed by atoms with E-state index in [0.29, 0.717) is 14.5 Å². The number of amides is 1. The van der Waals surface area contributed by atoms with Gasteiger partial charge < -0.3 is 15.2 Å². The van der Waals surface area contributed by atoms with Crippen molar-refractivity contribution in [3.05, 3.63) is 86.6 Å². The summed E-state index contributed by atoms with van der Waals surface area (Å²) in [7, 11) is 0. The van der Waals surface area contributed by atoms with E-state index >= 15 is 0 Å². The first-order valence-electron chi connectivity index (χ1n) is 9.58. The minimum Gasteiger partial charge on any atom is -0.480 e. The molecular weight excluding hydrogens is 528 g/mol. The van der Waals surface area contributed by atoms with Crippen molar-refractivity contribution in [1.29, 1.82) is 0 Å². The Morgan fingerprint density at radius 1 is 1.00 bits per heavy atom. The molecule has 2 N–H and O–H groups in total. The number of carbonyl (C=O) groups excluding carboxylic acids is 1. The van der Waals surface area contributed by atoms with E-state index in [0.717, 1.165) is 22.3 Å². The van der Waals surface area contributed by atoms with Gasteiger partial charge in [0.05, 0.1) is 0 Å². The van der Waals surface area contributed by atoms with Gasteiger partial charge in [0.25, 0.3) is 0 Å². The number of carboxylic acids is 1. The molecule has 2 aromatic carbocycles. The number of carboxylic acid groups (broad SMARTS) is 1. The predicted molar refractivity (Wildman–Crippen MR) is 123 cm³/mol. The lowest BCUT2D eigenvalue weighted by Crippen LogP contribution is -2.43. The summed E-state index contributed by atoms with van der Waals surface area (Å²) in [5, 5.41) is 12.1. The molecule has 0 aliphatic heterocycles. The van der Waals surface area contributed by atoms with Crippen LogP contribution in [0.4, 0.5) is 4.79 Å². The van der Waals surface area contributed by atoms with Crippen molar-refractivity contribution in [2.45, 2.75) is 18.4 Å². The van der Waals surface area contributed by atoms with E-state index < -0.39 is 18.1 Å². The molecule has 3 aromatic rings. The van der Waals surface area contributed by atoms with Crippen molar-refractivity contribution in [3.8, 4) is 11.1 Å². The van der Waals surface area contributed by atoms with E-state index in [-0.39, 0.29) is 18.9 Å². The number of nitrogens with zero attached hydrogens (tertiary/aromatic N) is 1. The lowest BCUT2D eigenvalue weighted by molar-refractivity contribution is -0.139. The van der Waals surface area contributed by atoms with Crippen LogP contribution in [0.1, 0.15) is 22.6 Å². The van der Waals surface area contributed by atoms with Crippen LogP contribution in [0.5, 0.6) is 0 Å². The van der Waals surface area contributed by atoms with Crippen molar-refractivity contribution in [3.63, 3.8) is 0 Å². The molecule has 6 nitrogen and oxygen atoms in total. The number of pyridine rings is 1. The lowest BCUT2D eigenvalue weighted by Gasteiger charge is -2.18. The second kappa shape index (κ2) is 9.20. The summed E-state index contributed by atoms with van der Waals surface area (Å²) in [5.74, 6) is -1.24. The summed E-state index contributed by atoms with van der Waals surface area (Å²) in [6, 6.07) is 14.9. The van der Waals surface area contributed by atoms with Crippen LogP contribution in [-0.2, 0) is 16.0 Å². The number of rotatable bonds is 6. The number of fused-ring (bicyclic) bond motifs is 3. The number of aliphatic carboxylic acids is 1. The van der Waals surface area contributed by atoms with Crippen LogP contribution in [0.25, 0.3) is 11.1 Å². The molecule has 0 bridgehead atoms. The Labute approximate surface area is 195 Å². The van der Waals surface area contributed by atoms with Crippen LogP contribution < -0.4 is 5.32 Å². The SMILES string of the molecule is O=C(NC(Cc1c(Br)cncc1Br)C(=O)O)OCC1c2ccccc2-c2ccccc21.